The summed E-state index contributed by atoms with van der Waals surface area (Å²) in [6.45, 7) is 0. The summed E-state index contributed by atoms with van der Waals surface area (Å²) in [4.78, 5) is 0.917. The number of hydrogen-bond acceptors (Lipinski definition) is 0. The van der Waals surface area contributed by atoms with Crippen molar-refractivity contribution < 1.29 is 0 Å². The minimum atomic E-state index is 0.917. The Hall–Kier alpha value is 0.480. The Morgan fingerprint density at radius 3 is 2.00 bits per heavy atom. The molecule has 0 aromatic carbocycles. The van der Waals surface area contributed by atoms with Crippen molar-refractivity contribution in [1.29, 1.82) is 0 Å². The molecule has 0 aromatic heterocycles. The van der Waals surface area contributed by atoms with E-state index < -0.39 is 0 Å². The number of rotatable bonds is 1. The maximum Gasteiger partial charge on any atom is 0.0180 e. The molecule has 0 heterocycles. The van der Waals surface area contributed by atoms with Crippen molar-refractivity contribution in [2.24, 2.45) is 11.8 Å². The molecule has 0 aromatic rings. The Labute approximate surface area is 52.4 Å². The van der Waals surface area contributed by atoms with E-state index in [2.05, 4.69) is 15.9 Å². The van der Waals surface area contributed by atoms with Crippen LogP contribution in [0.25, 0.3) is 0 Å². The minimum absolute atomic E-state index is 0.917. The van der Waals surface area contributed by atoms with Crippen molar-refractivity contribution in [3.05, 3.63) is 0 Å². The lowest BCUT2D eigenvalue weighted by molar-refractivity contribution is 0.721. The van der Waals surface area contributed by atoms with E-state index in [0.717, 1.165) is 16.7 Å². The fourth-order valence-electron chi connectivity index (χ4n) is 1.19. The molecule has 0 spiro atoms. The van der Waals surface area contributed by atoms with Crippen LogP contribution in [0.1, 0.15) is 19.3 Å². The van der Waals surface area contributed by atoms with Crippen molar-refractivity contribution in [2.45, 2.75) is 24.1 Å². The first kappa shape index (κ1) is 4.37. The van der Waals surface area contributed by atoms with Crippen molar-refractivity contribution in [1.82, 2.24) is 0 Å². The zero-order chi connectivity index (χ0) is 4.85. The van der Waals surface area contributed by atoms with Crippen molar-refractivity contribution in [2.75, 3.05) is 0 Å². The highest BCUT2D eigenvalue weighted by Crippen LogP contribution is 2.53. The third-order valence-corrected chi connectivity index (χ3v) is 3.04. The summed E-state index contributed by atoms with van der Waals surface area (Å²) >= 11 is 3.59. The second-order valence-corrected chi connectivity index (χ2v) is 3.93. The van der Waals surface area contributed by atoms with Crippen molar-refractivity contribution in [3.63, 3.8) is 0 Å². The molecule has 0 aliphatic heterocycles. The Bertz CT molecular complexity index is 86.2. The molecular formula is C6H9Br. The predicted molar refractivity (Wildman–Crippen MR) is 33.5 cm³/mol. The molecule has 2 aliphatic carbocycles. The fraction of sp³-hybridized carbons (Fsp3) is 1.00. The Kier molecular flexibility index (Phi) is 0.780. The third kappa shape index (κ3) is 0.716. The molecular weight excluding hydrogens is 152 g/mol. The Morgan fingerprint density at radius 2 is 1.86 bits per heavy atom. The molecule has 2 saturated carbocycles. The summed E-state index contributed by atoms with van der Waals surface area (Å²) in [6, 6.07) is 0. The van der Waals surface area contributed by atoms with Gasteiger partial charge in [0.1, 0.15) is 0 Å². The number of alkyl halides is 1. The van der Waals surface area contributed by atoms with E-state index in [9.17, 15) is 0 Å². The molecule has 0 bridgehead atoms. The van der Waals surface area contributed by atoms with Gasteiger partial charge in [-0.05, 0) is 31.1 Å². The lowest BCUT2D eigenvalue weighted by atomic mass is 10.3. The first-order valence-electron chi connectivity index (χ1n) is 3.02. The van der Waals surface area contributed by atoms with Gasteiger partial charge in [-0.15, -0.1) is 0 Å². The Morgan fingerprint density at radius 1 is 1.29 bits per heavy atom. The number of hydrogen-bond donors (Lipinski definition) is 0. The van der Waals surface area contributed by atoms with Gasteiger partial charge in [-0.3, -0.25) is 0 Å². The van der Waals surface area contributed by atoms with E-state index in [1.54, 1.807) is 0 Å². The van der Waals surface area contributed by atoms with E-state index in [4.69, 9.17) is 0 Å². The summed E-state index contributed by atoms with van der Waals surface area (Å²) < 4.78 is 0. The van der Waals surface area contributed by atoms with Crippen LogP contribution in [0, 0.1) is 11.8 Å². The summed E-state index contributed by atoms with van der Waals surface area (Å²) in [6.07, 6.45) is 4.50. The van der Waals surface area contributed by atoms with E-state index >= 15 is 0 Å². The van der Waals surface area contributed by atoms with Crippen molar-refractivity contribution in [3.8, 4) is 0 Å². The van der Waals surface area contributed by atoms with Crippen LogP contribution in [-0.2, 0) is 0 Å². The average molecular weight is 161 g/mol. The van der Waals surface area contributed by atoms with Gasteiger partial charge in [-0.2, -0.15) is 0 Å². The molecule has 7 heavy (non-hydrogen) atoms. The van der Waals surface area contributed by atoms with Gasteiger partial charge < -0.3 is 0 Å². The predicted octanol–water partition coefficient (Wildman–Crippen LogP) is 2.18. The van der Waals surface area contributed by atoms with Gasteiger partial charge in [0.25, 0.3) is 0 Å². The molecule has 1 heteroatoms. The van der Waals surface area contributed by atoms with Crippen LogP contribution in [0.5, 0.6) is 0 Å². The topological polar surface area (TPSA) is 0 Å². The van der Waals surface area contributed by atoms with Crippen LogP contribution in [-0.4, -0.2) is 4.83 Å². The highest BCUT2D eigenvalue weighted by atomic mass is 79.9. The molecule has 0 unspecified atom stereocenters. The van der Waals surface area contributed by atoms with E-state index in [0.29, 0.717) is 0 Å². The average Bonchev–Trinajstić information content (AvgIpc) is 2.23. The smallest absolute Gasteiger partial charge is 0.0180 e. The first-order chi connectivity index (χ1) is 3.38. The molecule has 40 valence electrons. The molecule has 0 N–H and O–H groups in total. The summed E-state index contributed by atoms with van der Waals surface area (Å²) in [7, 11) is 0. The van der Waals surface area contributed by atoms with Crippen LogP contribution in [0.4, 0.5) is 0 Å². The second-order valence-electron chi connectivity index (χ2n) is 2.75. The molecule has 0 amide bonds. The lowest BCUT2D eigenvalue weighted by Crippen LogP contribution is -1.78. The fourth-order valence-corrected chi connectivity index (χ4v) is 2.06. The third-order valence-electron chi connectivity index (χ3n) is 1.99. The van der Waals surface area contributed by atoms with E-state index in [1.165, 1.54) is 19.3 Å². The minimum Gasteiger partial charge on any atom is -0.0887 e. The van der Waals surface area contributed by atoms with Gasteiger partial charge in [-0.25, -0.2) is 0 Å². The van der Waals surface area contributed by atoms with Gasteiger partial charge in [0.15, 0.2) is 0 Å². The highest BCUT2D eigenvalue weighted by Gasteiger charge is 2.45. The van der Waals surface area contributed by atoms with Gasteiger partial charge in [0.2, 0.25) is 0 Å². The van der Waals surface area contributed by atoms with E-state index in [1.807, 2.05) is 0 Å². The molecule has 2 atom stereocenters. The van der Waals surface area contributed by atoms with Gasteiger partial charge in [-0.1, -0.05) is 15.9 Å². The maximum atomic E-state index is 3.59. The monoisotopic (exact) mass is 160 g/mol. The molecule has 0 saturated heterocycles. The lowest BCUT2D eigenvalue weighted by Gasteiger charge is -1.81. The second kappa shape index (κ2) is 1.25. The molecule has 2 fully saturated rings. The standard InChI is InChI=1S/C6H9Br/c7-6-3-5(6)4-1-2-4/h4-6H,1-3H2/t5-,6+/m1/s1. The van der Waals surface area contributed by atoms with Crippen LogP contribution >= 0.6 is 15.9 Å². The van der Waals surface area contributed by atoms with Gasteiger partial charge >= 0.3 is 0 Å². The zero-order valence-corrected chi connectivity index (χ0v) is 5.82. The quantitative estimate of drug-likeness (QED) is 0.517. The van der Waals surface area contributed by atoms with Crippen LogP contribution in [0.3, 0.4) is 0 Å². The SMILES string of the molecule is Br[C@H]1C[C@@H]1C1CC1. The van der Waals surface area contributed by atoms with Gasteiger partial charge in [0.05, 0.1) is 0 Å². The molecule has 0 nitrogen and oxygen atoms in total. The maximum absolute atomic E-state index is 3.59. The van der Waals surface area contributed by atoms with Crippen LogP contribution in [0.15, 0.2) is 0 Å². The summed E-state index contributed by atoms with van der Waals surface area (Å²) in [5.74, 6) is 2.24. The normalized spacial score (nSPS) is 49.3. The Balaban J connectivity index is 1.88. The highest BCUT2D eigenvalue weighted by molar-refractivity contribution is 9.09. The number of halogens is 1. The molecule has 2 rings (SSSR count). The molecule has 2 aliphatic rings. The largest absolute Gasteiger partial charge is 0.0887 e. The van der Waals surface area contributed by atoms with Crippen LogP contribution < -0.4 is 0 Å². The summed E-state index contributed by atoms with van der Waals surface area (Å²) in [5.41, 5.74) is 0. The molecule has 0 radical (unpaired) electrons. The first-order valence-corrected chi connectivity index (χ1v) is 3.93. The van der Waals surface area contributed by atoms with Crippen LogP contribution in [0.2, 0.25) is 0 Å². The summed E-state index contributed by atoms with van der Waals surface area (Å²) in [5, 5.41) is 0. The van der Waals surface area contributed by atoms with Gasteiger partial charge in [0, 0.05) is 4.83 Å². The van der Waals surface area contributed by atoms with Crippen molar-refractivity contribution >= 4 is 15.9 Å². The van der Waals surface area contributed by atoms with E-state index in [-0.39, 0.29) is 0 Å². The zero-order valence-electron chi connectivity index (χ0n) is 4.23.